The van der Waals surface area contributed by atoms with E-state index in [4.69, 9.17) is 21.6 Å². The first-order valence-corrected chi connectivity index (χ1v) is 9.77. The van der Waals surface area contributed by atoms with E-state index in [0.29, 0.717) is 5.02 Å². The predicted molar refractivity (Wildman–Crippen MR) is 113 cm³/mol. The molecule has 3 aromatic rings. The Kier molecular flexibility index (Phi) is 5.14. The molecule has 1 aliphatic rings. The fourth-order valence-corrected chi connectivity index (χ4v) is 3.66. The average molecular weight is 382 g/mol. The van der Waals surface area contributed by atoms with E-state index in [1.165, 1.54) is 0 Å². The summed E-state index contributed by atoms with van der Waals surface area (Å²) in [5, 5.41) is 1.68. The van der Waals surface area contributed by atoms with Crippen molar-refractivity contribution in [2.75, 3.05) is 49.6 Å². The van der Waals surface area contributed by atoms with E-state index >= 15 is 0 Å². The number of halogens is 1. The van der Waals surface area contributed by atoms with Crippen molar-refractivity contribution in [1.29, 1.82) is 0 Å². The highest BCUT2D eigenvalue weighted by Crippen LogP contribution is 2.33. The van der Waals surface area contributed by atoms with E-state index in [1.807, 2.05) is 24.3 Å². The van der Waals surface area contributed by atoms with Crippen LogP contribution in [0.2, 0.25) is 5.02 Å². The van der Waals surface area contributed by atoms with Crippen molar-refractivity contribution >= 4 is 40.0 Å². The number of para-hydroxylation sites is 1. The van der Waals surface area contributed by atoms with Gasteiger partial charge in [-0.15, -0.1) is 0 Å². The highest BCUT2D eigenvalue weighted by Gasteiger charge is 2.21. The van der Waals surface area contributed by atoms with Gasteiger partial charge in [-0.1, -0.05) is 29.8 Å². The number of hydrogen-bond donors (Lipinski definition) is 0. The molecule has 0 amide bonds. The van der Waals surface area contributed by atoms with Crippen LogP contribution in [0.4, 0.5) is 17.5 Å². The number of aromatic nitrogens is 2. The summed E-state index contributed by atoms with van der Waals surface area (Å²) in [4.78, 5) is 16.7. The van der Waals surface area contributed by atoms with Crippen LogP contribution in [0, 0.1) is 0 Å². The SMILES string of the molecule is CCN(c1ccccc1)c1nc(N2CCN(C)CC2)nc2ccc(Cl)cc12. The Morgan fingerprint density at radius 2 is 1.74 bits per heavy atom. The molecule has 1 saturated heterocycles. The second kappa shape index (κ2) is 7.71. The van der Waals surface area contributed by atoms with Gasteiger partial charge in [-0.2, -0.15) is 4.98 Å². The number of likely N-dealkylation sites (N-methyl/N-ethyl adjacent to an activating group) is 1. The molecule has 4 rings (SSSR count). The molecular weight excluding hydrogens is 358 g/mol. The molecule has 0 spiro atoms. The monoisotopic (exact) mass is 381 g/mol. The Hall–Kier alpha value is -2.37. The van der Waals surface area contributed by atoms with Gasteiger partial charge in [0.15, 0.2) is 0 Å². The van der Waals surface area contributed by atoms with E-state index in [2.05, 4.69) is 52.9 Å². The molecule has 1 aromatic heterocycles. The predicted octanol–water partition coefficient (Wildman–Crippen LogP) is 4.19. The fraction of sp³-hybridized carbons (Fsp3) is 0.333. The van der Waals surface area contributed by atoms with Gasteiger partial charge in [-0.3, -0.25) is 0 Å². The summed E-state index contributed by atoms with van der Waals surface area (Å²) in [6, 6.07) is 16.2. The van der Waals surface area contributed by atoms with Gasteiger partial charge in [0.25, 0.3) is 0 Å². The lowest BCUT2D eigenvalue weighted by Crippen LogP contribution is -2.45. The third-order valence-electron chi connectivity index (χ3n) is 5.05. The Bertz CT molecular complexity index is 923. The van der Waals surface area contributed by atoms with Crippen LogP contribution in [0.3, 0.4) is 0 Å². The number of nitrogens with zero attached hydrogens (tertiary/aromatic N) is 5. The minimum absolute atomic E-state index is 0.698. The topological polar surface area (TPSA) is 35.5 Å². The Morgan fingerprint density at radius 1 is 1.00 bits per heavy atom. The average Bonchev–Trinajstić information content (AvgIpc) is 2.70. The first kappa shape index (κ1) is 18.0. The highest BCUT2D eigenvalue weighted by molar-refractivity contribution is 6.31. The molecule has 1 aliphatic heterocycles. The van der Waals surface area contributed by atoms with Gasteiger partial charge >= 0.3 is 0 Å². The molecule has 5 nitrogen and oxygen atoms in total. The molecule has 0 bridgehead atoms. The summed E-state index contributed by atoms with van der Waals surface area (Å²) >= 11 is 6.30. The van der Waals surface area contributed by atoms with Crippen molar-refractivity contribution in [2.45, 2.75) is 6.92 Å². The summed E-state index contributed by atoms with van der Waals surface area (Å²) < 4.78 is 0. The van der Waals surface area contributed by atoms with E-state index < -0.39 is 0 Å². The van der Waals surface area contributed by atoms with Crippen LogP contribution in [-0.2, 0) is 0 Å². The number of piperazine rings is 1. The van der Waals surface area contributed by atoms with Crippen LogP contribution >= 0.6 is 11.6 Å². The van der Waals surface area contributed by atoms with Gasteiger partial charge in [0.05, 0.1) is 5.52 Å². The highest BCUT2D eigenvalue weighted by atomic mass is 35.5. The van der Waals surface area contributed by atoms with Crippen LogP contribution in [0.1, 0.15) is 6.92 Å². The lowest BCUT2D eigenvalue weighted by Gasteiger charge is -2.33. The van der Waals surface area contributed by atoms with Crippen molar-refractivity contribution in [1.82, 2.24) is 14.9 Å². The Morgan fingerprint density at radius 3 is 2.44 bits per heavy atom. The summed E-state index contributed by atoms with van der Waals surface area (Å²) in [5.41, 5.74) is 2.04. The van der Waals surface area contributed by atoms with Crippen molar-refractivity contribution in [3.8, 4) is 0 Å². The molecule has 6 heteroatoms. The summed E-state index contributed by atoms with van der Waals surface area (Å²) in [7, 11) is 2.15. The summed E-state index contributed by atoms with van der Waals surface area (Å²) in [5.74, 6) is 1.70. The van der Waals surface area contributed by atoms with E-state index in [9.17, 15) is 0 Å². The smallest absolute Gasteiger partial charge is 0.227 e. The Balaban J connectivity index is 1.85. The molecule has 0 radical (unpaired) electrons. The van der Waals surface area contributed by atoms with Gasteiger partial charge in [0.1, 0.15) is 5.82 Å². The van der Waals surface area contributed by atoms with Crippen molar-refractivity contribution < 1.29 is 0 Å². The van der Waals surface area contributed by atoms with Crippen LogP contribution in [0.15, 0.2) is 48.5 Å². The quantitative estimate of drug-likeness (QED) is 0.677. The molecular formula is C21H24ClN5. The van der Waals surface area contributed by atoms with Gasteiger partial charge in [-0.05, 0) is 44.3 Å². The van der Waals surface area contributed by atoms with E-state index in [1.54, 1.807) is 0 Å². The molecule has 2 aromatic carbocycles. The maximum absolute atomic E-state index is 6.30. The Labute approximate surface area is 165 Å². The van der Waals surface area contributed by atoms with Crippen molar-refractivity contribution in [3.63, 3.8) is 0 Å². The third-order valence-corrected chi connectivity index (χ3v) is 5.29. The standard InChI is InChI=1S/C21H24ClN5/c1-3-27(17-7-5-4-6-8-17)20-18-15-16(22)9-10-19(18)23-21(24-20)26-13-11-25(2)12-14-26/h4-10,15H,3,11-14H2,1-2H3. The summed E-state index contributed by atoms with van der Waals surface area (Å²) in [6.45, 7) is 6.87. The molecule has 0 atom stereocenters. The number of fused-ring (bicyclic) bond motifs is 1. The van der Waals surface area contributed by atoms with Gasteiger partial charge in [0.2, 0.25) is 5.95 Å². The molecule has 0 saturated carbocycles. The minimum atomic E-state index is 0.698. The number of rotatable bonds is 4. The summed E-state index contributed by atoms with van der Waals surface area (Å²) in [6.07, 6.45) is 0. The largest absolute Gasteiger partial charge is 0.338 e. The molecule has 140 valence electrons. The second-order valence-corrected chi connectivity index (χ2v) is 7.32. The maximum Gasteiger partial charge on any atom is 0.227 e. The minimum Gasteiger partial charge on any atom is -0.338 e. The molecule has 27 heavy (non-hydrogen) atoms. The third kappa shape index (κ3) is 3.70. The van der Waals surface area contributed by atoms with Crippen LogP contribution in [0.5, 0.6) is 0 Å². The molecule has 2 heterocycles. The maximum atomic E-state index is 6.30. The van der Waals surface area contributed by atoms with Crippen molar-refractivity contribution in [3.05, 3.63) is 53.6 Å². The number of anilines is 3. The zero-order valence-electron chi connectivity index (χ0n) is 15.8. The zero-order valence-corrected chi connectivity index (χ0v) is 16.5. The van der Waals surface area contributed by atoms with Crippen LogP contribution in [0.25, 0.3) is 10.9 Å². The van der Waals surface area contributed by atoms with Crippen molar-refractivity contribution in [2.24, 2.45) is 0 Å². The van der Waals surface area contributed by atoms with Crippen LogP contribution < -0.4 is 9.80 Å². The normalized spacial score (nSPS) is 15.3. The molecule has 0 aliphatic carbocycles. The van der Waals surface area contributed by atoms with Crippen LogP contribution in [-0.4, -0.2) is 54.6 Å². The lowest BCUT2D eigenvalue weighted by atomic mass is 10.2. The first-order chi connectivity index (χ1) is 13.2. The molecule has 0 unspecified atom stereocenters. The molecule has 0 N–H and O–H groups in total. The zero-order chi connectivity index (χ0) is 18.8. The first-order valence-electron chi connectivity index (χ1n) is 9.39. The molecule has 1 fully saturated rings. The van der Waals surface area contributed by atoms with Gasteiger partial charge in [0, 0.05) is 48.8 Å². The number of hydrogen-bond acceptors (Lipinski definition) is 5. The number of benzene rings is 2. The van der Waals surface area contributed by atoms with E-state index in [0.717, 1.165) is 61.1 Å². The van der Waals surface area contributed by atoms with E-state index in [-0.39, 0.29) is 0 Å². The van der Waals surface area contributed by atoms with Gasteiger partial charge < -0.3 is 14.7 Å². The second-order valence-electron chi connectivity index (χ2n) is 6.88. The lowest BCUT2D eigenvalue weighted by molar-refractivity contribution is 0.311. The fourth-order valence-electron chi connectivity index (χ4n) is 3.49. The van der Waals surface area contributed by atoms with Gasteiger partial charge in [-0.25, -0.2) is 4.98 Å².